The quantitative estimate of drug-likeness (QED) is 0.372. The first-order valence-corrected chi connectivity index (χ1v) is 12.6. The Labute approximate surface area is 197 Å². The third-order valence-electron chi connectivity index (χ3n) is 5.18. The van der Waals surface area contributed by atoms with Gasteiger partial charge in [-0.3, -0.25) is 4.57 Å². The summed E-state index contributed by atoms with van der Waals surface area (Å²) >= 11 is 0. The predicted octanol–water partition coefficient (Wildman–Crippen LogP) is 3.15. The van der Waals surface area contributed by atoms with E-state index in [9.17, 15) is 8.42 Å². The molecule has 178 valence electrons. The molecule has 3 heterocycles. The summed E-state index contributed by atoms with van der Waals surface area (Å²) in [6, 6.07) is 10.8. The van der Waals surface area contributed by atoms with E-state index in [0.717, 1.165) is 6.26 Å². The molecule has 0 aliphatic rings. The SMILES string of the molecule is CCOc1cccc(-c2nc3nnc(CS(C)(=O)=O)c(C)c3n2-c2c(OC)cccc2OC)n1. The molecule has 0 bridgehead atoms. The molecule has 0 spiro atoms. The molecular weight excluding hydrogens is 458 g/mol. The fraction of sp³-hybridized carbons (Fsp3) is 0.304. The van der Waals surface area contributed by atoms with Gasteiger partial charge in [-0.25, -0.2) is 18.4 Å². The number of hydrogen-bond acceptors (Lipinski definition) is 9. The molecule has 34 heavy (non-hydrogen) atoms. The van der Waals surface area contributed by atoms with Crippen LogP contribution in [-0.2, 0) is 15.6 Å². The Morgan fingerprint density at radius 3 is 2.26 bits per heavy atom. The van der Waals surface area contributed by atoms with Crippen LogP contribution in [0.4, 0.5) is 0 Å². The van der Waals surface area contributed by atoms with Crippen LogP contribution in [0.25, 0.3) is 28.4 Å². The number of ether oxygens (including phenoxy) is 3. The molecule has 10 nitrogen and oxygen atoms in total. The first-order valence-electron chi connectivity index (χ1n) is 10.5. The first kappa shape index (κ1) is 23.4. The van der Waals surface area contributed by atoms with Gasteiger partial charge in [0.25, 0.3) is 0 Å². The van der Waals surface area contributed by atoms with E-state index in [1.807, 2.05) is 29.7 Å². The van der Waals surface area contributed by atoms with Crippen molar-refractivity contribution in [3.63, 3.8) is 0 Å². The van der Waals surface area contributed by atoms with Gasteiger partial charge in [-0.2, -0.15) is 5.10 Å². The maximum atomic E-state index is 12.0. The fourth-order valence-electron chi connectivity index (χ4n) is 3.73. The Balaban J connectivity index is 2.12. The number of hydrogen-bond donors (Lipinski definition) is 0. The molecule has 0 amide bonds. The van der Waals surface area contributed by atoms with Crippen molar-refractivity contribution in [2.45, 2.75) is 19.6 Å². The average molecular weight is 484 g/mol. The van der Waals surface area contributed by atoms with Gasteiger partial charge in [-0.1, -0.05) is 12.1 Å². The summed E-state index contributed by atoms with van der Waals surface area (Å²) in [5.41, 5.74) is 2.99. The summed E-state index contributed by atoms with van der Waals surface area (Å²) in [4.78, 5) is 9.33. The van der Waals surface area contributed by atoms with E-state index in [-0.39, 0.29) is 5.75 Å². The molecule has 0 atom stereocenters. The van der Waals surface area contributed by atoms with Crippen molar-refractivity contribution < 1.29 is 22.6 Å². The number of rotatable bonds is 8. The monoisotopic (exact) mass is 483 g/mol. The lowest BCUT2D eigenvalue weighted by atomic mass is 10.2. The average Bonchev–Trinajstić information content (AvgIpc) is 3.20. The zero-order valence-corrected chi connectivity index (χ0v) is 20.4. The Bertz CT molecular complexity index is 1440. The van der Waals surface area contributed by atoms with Gasteiger partial charge in [0.05, 0.1) is 37.8 Å². The second-order valence-electron chi connectivity index (χ2n) is 7.59. The number of benzene rings is 1. The summed E-state index contributed by atoms with van der Waals surface area (Å²) in [6.45, 7) is 4.14. The van der Waals surface area contributed by atoms with Crippen LogP contribution in [0.3, 0.4) is 0 Å². The number of pyridine rings is 1. The highest BCUT2D eigenvalue weighted by Gasteiger charge is 2.25. The van der Waals surface area contributed by atoms with Gasteiger partial charge in [-0.15, -0.1) is 5.10 Å². The van der Waals surface area contributed by atoms with Gasteiger partial charge in [0.1, 0.15) is 22.9 Å². The molecule has 0 aliphatic carbocycles. The van der Waals surface area contributed by atoms with Crippen LogP contribution < -0.4 is 14.2 Å². The predicted molar refractivity (Wildman–Crippen MR) is 127 cm³/mol. The fourth-order valence-corrected chi connectivity index (χ4v) is 4.50. The van der Waals surface area contributed by atoms with E-state index in [1.54, 1.807) is 39.3 Å². The van der Waals surface area contributed by atoms with Gasteiger partial charge in [0, 0.05) is 17.9 Å². The Kier molecular flexibility index (Phi) is 6.38. The summed E-state index contributed by atoms with van der Waals surface area (Å²) in [7, 11) is -0.215. The van der Waals surface area contributed by atoms with Crippen LogP contribution in [0.2, 0.25) is 0 Å². The van der Waals surface area contributed by atoms with Crippen LogP contribution in [0, 0.1) is 6.92 Å². The lowest BCUT2D eigenvalue weighted by molar-refractivity contribution is 0.327. The molecule has 0 saturated heterocycles. The summed E-state index contributed by atoms with van der Waals surface area (Å²) in [5.74, 6) is 1.71. The minimum Gasteiger partial charge on any atom is -0.494 e. The number of aryl methyl sites for hydroxylation is 1. The van der Waals surface area contributed by atoms with Crippen molar-refractivity contribution >= 4 is 21.0 Å². The Morgan fingerprint density at radius 2 is 1.65 bits per heavy atom. The van der Waals surface area contributed by atoms with Gasteiger partial charge in [-0.05, 0) is 32.0 Å². The maximum Gasteiger partial charge on any atom is 0.213 e. The Hall–Kier alpha value is -3.73. The second-order valence-corrected chi connectivity index (χ2v) is 9.73. The normalized spacial score (nSPS) is 11.6. The lowest BCUT2D eigenvalue weighted by Crippen LogP contribution is -2.09. The summed E-state index contributed by atoms with van der Waals surface area (Å²) < 4.78 is 42.8. The van der Waals surface area contributed by atoms with Gasteiger partial charge in [0.2, 0.25) is 11.5 Å². The highest BCUT2D eigenvalue weighted by atomic mass is 32.2. The van der Waals surface area contributed by atoms with Crippen molar-refractivity contribution in [1.82, 2.24) is 24.7 Å². The van der Waals surface area contributed by atoms with E-state index in [1.165, 1.54) is 0 Å². The third-order valence-corrected chi connectivity index (χ3v) is 5.98. The van der Waals surface area contributed by atoms with Gasteiger partial charge in [0.15, 0.2) is 15.7 Å². The number of para-hydroxylation sites is 1. The molecule has 0 fully saturated rings. The molecule has 0 radical (unpaired) electrons. The van der Waals surface area contributed by atoms with E-state index in [0.29, 0.717) is 63.6 Å². The highest BCUT2D eigenvalue weighted by molar-refractivity contribution is 7.89. The van der Waals surface area contributed by atoms with Crippen LogP contribution in [-0.4, -0.2) is 60.2 Å². The molecule has 1 aromatic carbocycles. The van der Waals surface area contributed by atoms with Crippen LogP contribution >= 0.6 is 0 Å². The zero-order chi connectivity index (χ0) is 24.5. The molecule has 0 N–H and O–H groups in total. The van der Waals surface area contributed by atoms with Crippen LogP contribution in [0.5, 0.6) is 17.4 Å². The van der Waals surface area contributed by atoms with Crippen LogP contribution in [0.1, 0.15) is 18.2 Å². The third kappa shape index (κ3) is 4.38. The molecule has 0 saturated carbocycles. The Morgan fingerprint density at radius 1 is 0.971 bits per heavy atom. The molecule has 0 aliphatic heterocycles. The minimum atomic E-state index is -3.34. The first-order chi connectivity index (χ1) is 16.3. The standard InChI is InChI=1S/C23H25N5O5S/c1-6-33-19-12-7-9-15(24-19)23-25-22-20(14(2)16(26-27-22)13-34(5,29)30)28(23)21-17(31-3)10-8-11-18(21)32-4/h7-12H,6,13H2,1-5H3. The molecular formula is C23H25N5O5S. The minimum absolute atomic E-state index is 0.247. The molecule has 4 rings (SSSR count). The van der Waals surface area contributed by atoms with Crippen molar-refractivity contribution in [3.8, 4) is 34.6 Å². The molecule has 4 aromatic rings. The summed E-state index contributed by atoms with van der Waals surface area (Å²) in [5, 5.41) is 8.39. The number of imidazole rings is 1. The smallest absolute Gasteiger partial charge is 0.213 e. The largest absolute Gasteiger partial charge is 0.494 e. The summed E-state index contributed by atoms with van der Waals surface area (Å²) in [6.07, 6.45) is 1.16. The number of nitrogens with zero attached hydrogens (tertiary/aromatic N) is 5. The van der Waals surface area contributed by atoms with Crippen LogP contribution in [0.15, 0.2) is 36.4 Å². The molecule has 3 aromatic heterocycles. The van der Waals surface area contributed by atoms with Crippen molar-refractivity contribution in [3.05, 3.63) is 47.7 Å². The van der Waals surface area contributed by atoms with Crippen molar-refractivity contribution in [1.29, 1.82) is 0 Å². The topological polar surface area (TPSA) is 118 Å². The number of methoxy groups -OCH3 is 2. The van der Waals surface area contributed by atoms with E-state index >= 15 is 0 Å². The molecule has 11 heteroatoms. The van der Waals surface area contributed by atoms with Crippen molar-refractivity contribution in [2.24, 2.45) is 0 Å². The number of fused-ring (bicyclic) bond motifs is 1. The lowest BCUT2D eigenvalue weighted by Gasteiger charge is -2.17. The highest BCUT2D eigenvalue weighted by Crippen LogP contribution is 2.39. The van der Waals surface area contributed by atoms with E-state index in [4.69, 9.17) is 19.2 Å². The van der Waals surface area contributed by atoms with E-state index < -0.39 is 9.84 Å². The zero-order valence-electron chi connectivity index (χ0n) is 19.6. The van der Waals surface area contributed by atoms with Gasteiger partial charge < -0.3 is 14.2 Å². The number of sulfone groups is 1. The van der Waals surface area contributed by atoms with Crippen molar-refractivity contribution in [2.75, 3.05) is 27.1 Å². The maximum absolute atomic E-state index is 12.0. The van der Waals surface area contributed by atoms with Gasteiger partial charge >= 0.3 is 0 Å². The van der Waals surface area contributed by atoms with E-state index in [2.05, 4.69) is 15.2 Å². The number of aromatic nitrogens is 5. The second kappa shape index (κ2) is 9.26. The molecule has 0 unspecified atom stereocenters.